The largest absolute Gasteiger partial charge is 0.361 e. The van der Waals surface area contributed by atoms with Gasteiger partial charge in [0.2, 0.25) is 5.91 Å². The molecule has 0 unspecified atom stereocenters. The zero-order chi connectivity index (χ0) is 17.8. The first kappa shape index (κ1) is 17.5. The van der Waals surface area contributed by atoms with E-state index in [4.69, 9.17) is 11.6 Å². The number of fused-ring (bicyclic) bond motifs is 1. The minimum Gasteiger partial charge on any atom is -0.361 e. The lowest BCUT2D eigenvalue weighted by atomic mass is 9.90. The summed E-state index contributed by atoms with van der Waals surface area (Å²) >= 11 is 6.47. The summed E-state index contributed by atoms with van der Waals surface area (Å²) in [7, 11) is 1.64. The van der Waals surface area contributed by atoms with Gasteiger partial charge in [-0.05, 0) is 30.2 Å². The van der Waals surface area contributed by atoms with E-state index < -0.39 is 0 Å². The van der Waals surface area contributed by atoms with E-state index in [9.17, 15) is 4.79 Å². The summed E-state index contributed by atoms with van der Waals surface area (Å²) in [6, 6.07) is 15.8. The number of halogens is 1. The number of H-pyrrole nitrogens is 1. The van der Waals surface area contributed by atoms with Gasteiger partial charge in [-0.3, -0.25) is 4.79 Å². The number of hydrogen-bond donors (Lipinski definition) is 3. The molecule has 4 nitrogen and oxygen atoms in total. The van der Waals surface area contributed by atoms with E-state index in [2.05, 4.69) is 27.8 Å². The molecule has 25 heavy (non-hydrogen) atoms. The quantitative estimate of drug-likeness (QED) is 0.631. The van der Waals surface area contributed by atoms with Gasteiger partial charge in [-0.15, -0.1) is 0 Å². The van der Waals surface area contributed by atoms with Crippen molar-refractivity contribution in [2.45, 2.75) is 18.9 Å². The van der Waals surface area contributed by atoms with Crippen LogP contribution in [-0.2, 0) is 4.79 Å². The number of nitrogens with one attached hydrogen (secondary N) is 3. The van der Waals surface area contributed by atoms with E-state index in [-0.39, 0.29) is 17.9 Å². The maximum atomic E-state index is 11.8. The van der Waals surface area contributed by atoms with Crippen molar-refractivity contribution in [2.75, 3.05) is 13.6 Å². The zero-order valence-electron chi connectivity index (χ0n) is 14.3. The van der Waals surface area contributed by atoms with Gasteiger partial charge in [-0.2, -0.15) is 0 Å². The van der Waals surface area contributed by atoms with Gasteiger partial charge in [-0.1, -0.05) is 48.0 Å². The summed E-state index contributed by atoms with van der Waals surface area (Å²) in [5.41, 5.74) is 3.31. The average molecular weight is 356 g/mol. The number of para-hydroxylation sites is 1. The molecule has 0 aliphatic rings. The zero-order valence-corrected chi connectivity index (χ0v) is 15.1. The van der Waals surface area contributed by atoms with Crippen molar-refractivity contribution >= 4 is 28.4 Å². The van der Waals surface area contributed by atoms with Gasteiger partial charge in [0.15, 0.2) is 0 Å². The second-order valence-corrected chi connectivity index (χ2v) is 6.52. The third kappa shape index (κ3) is 3.70. The van der Waals surface area contributed by atoms with Crippen molar-refractivity contribution in [3.63, 3.8) is 0 Å². The van der Waals surface area contributed by atoms with Crippen LogP contribution in [0.3, 0.4) is 0 Å². The molecule has 0 spiro atoms. The van der Waals surface area contributed by atoms with Crippen molar-refractivity contribution < 1.29 is 4.79 Å². The molecule has 3 aromatic rings. The Labute approximate surface area is 152 Å². The van der Waals surface area contributed by atoms with Gasteiger partial charge in [0, 0.05) is 41.6 Å². The molecule has 0 saturated heterocycles. The Morgan fingerprint density at radius 1 is 1.12 bits per heavy atom. The maximum absolute atomic E-state index is 11.8. The highest BCUT2D eigenvalue weighted by Gasteiger charge is 2.22. The van der Waals surface area contributed by atoms with Gasteiger partial charge in [0.25, 0.3) is 0 Å². The second-order valence-electron chi connectivity index (χ2n) is 6.11. The Morgan fingerprint density at radius 3 is 2.60 bits per heavy atom. The molecule has 2 aromatic carbocycles. The molecule has 1 heterocycles. The highest BCUT2D eigenvalue weighted by Crippen LogP contribution is 2.34. The van der Waals surface area contributed by atoms with Crippen LogP contribution in [-0.4, -0.2) is 30.5 Å². The highest BCUT2D eigenvalue weighted by molar-refractivity contribution is 6.31. The van der Waals surface area contributed by atoms with E-state index in [0.29, 0.717) is 6.54 Å². The van der Waals surface area contributed by atoms with Crippen LogP contribution in [0.1, 0.15) is 24.0 Å². The third-order valence-corrected chi connectivity index (χ3v) is 4.89. The van der Waals surface area contributed by atoms with Gasteiger partial charge >= 0.3 is 0 Å². The predicted molar refractivity (Wildman–Crippen MR) is 103 cm³/mol. The van der Waals surface area contributed by atoms with Crippen molar-refractivity contribution in [1.29, 1.82) is 0 Å². The van der Waals surface area contributed by atoms with E-state index in [1.807, 2.05) is 49.5 Å². The lowest BCUT2D eigenvalue weighted by Crippen LogP contribution is -2.42. The SMILES string of the molecule is CNC(=O)[C@H](C)NC[C@H](c1ccccc1Cl)c1c[nH]c2ccccc12. The molecule has 2 atom stereocenters. The van der Waals surface area contributed by atoms with E-state index >= 15 is 0 Å². The van der Waals surface area contributed by atoms with E-state index in [0.717, 1.165) is 16.1 Å². The summed E-state index contributed by atoms with van der Waals surface area (Å²) in [5.74, 6) is 0.00814. The Kier molecular flexibility index (Phi) is 5.41. The normalized spacial score (nSPS) is 13.6. The van der Waals surface area contributed by atoms with Crippen molar-refractivity contribution in [2.24, 2.45) is 0 Å². The first-order chi connectivity index (χ1) is 12.1. The Morgan fingerprint density at radius 2 is 1.84 bits per heavy atom. The minimum atomic E-state index is -0.278. The van der Waals surface area contributed by atoms with Crippen LogP contribution < -0.4 is 10.6 Å². The summed E-state index contributed by atoms with van der Waals surface area (Å²) in [6.45, 7) is 2.47. The van der Waals surface area contributed by atoms with Gasteiger partial charge < -0.3 is 15.6 Å². The molecule has 0 saturated carbocycles. The van der Waals surface area contributed by atoms with Crippen molar-refractivity contribution in [3.8, 4) is 0 Å². The third-order valence-electron chi connectivity index (χ3n) is 4.55. The lowest BCUT2D eigenvalue weighted by Gasteiger charge is -2.21. The fourth-order valence-electron chi connectivity index (χ4n) is 3.13. The van der Waals surface area contributed by atoms with E-state index in [1.165, 1.54) is 10.9 Å². The van der Waals surface area contributed by atoms with Crippen LogP contribution in [0.25, 0.3) is 10.9 Å². The predicted octanol–water partition coefficient (Wildman–Crippen LogP) is 3.68. The number of carbonyl (C=O) groups is 1. The number of likely N-dealkylation sites (N-methyl/N-ethyl adjacent to an activating group) is 1. The number of aromatic nitrogens is 1. The Hall–Kier alpha value is -2.30. The molecule has 3 N–H and O–H groups in total. The van der Waals surface area contributed by atoms with Gasteiger partial charge in [-0.25, -0.2) is 0 Å². The smallest absolute Gasteiger partial charge is 0.236 e. The number of aromatic amines is 1. The molecule has 5 heteroatoms. The molecule has 1 amide bonds. The Balaban J connectivity index is 1.98. The van der Waals surface area contributed by atoms with Crippen LogP contribution in [0.2, 0.25) is 5.02 Å². The highest BCUT2D eigenvalue weighted by atomic mass is 35.5. The van der Waals surface area contributed by atoms with Gasteiger partial charge in [0.1, 0.15) is 0 Å². The molecule has 3 rings (SSSR count). The van der Waals surface area contributed by atoms with Crippen LogP contribution in [0.4, 0.5) is 0 Å². The average Bonchev–Trinajstić information content (AvgIpc) is 3.06. The molecule has 0 aliphatic heterocycles. The molecule has 1 aromatic heterocycles. The standard InChI is InChI=1S/C20H22ClN3O/c1-13(20(25)22-2)23-11-16(14-7-3-5-9-18(14)21)17-12-24-19-10-6-4-8-15(17)19/h3-10,12-13,16,23-24H,11H2,1-2H3,(H,22,25)/t13-,16+/m0/s1. The summed E-state index contributed by atoms with van der Waals surface area (Å²) < 4.78 is 0. The number of hydrogen-bond acceptors (Lipinski definition) is 2. The summed E-state index contributed by atoms with van der Waals surface area (Å²) in [4.78, 5) is 15.2. The molecular formula is C20H22ClN3O. The fraction of sp³-hybridized carbons (Fsp3) is 0.250. The Bertz CT molecular complexity index is 874. The minimum absolute atomic E-state index is 0.0307. The second kappa shape index (κ2) is 7.72. The monoisotopic (exact) mass is 355 g/mol. The number of benzene rings is 2. The van der Waals surface area contributed by atoms with Crippen LogP contribution in [0.15, 0.2) is 54.7 Å². The number of carbonyl (C=O) groups excluding carboxylic acids is 1. The summed E-state index contributed by atoms with van der Waals surface area (Å²) in [6.07, 6.45) is 2.03. The number of rotatable bonds is 6. The molecule has 130 valence electrons. The first-order valence-electron chi connectivity index (χ1n) is 8.37. The summed E-state index contributed by atoms with van der Waals surface area (Å²) in [5, 5.41) is 7.90. The molecule has 0 radical (unpaired) electrons. The topological polar surface area (TPSA) is 56.9 Å². The molecule has 0 aliphatic carbocycles. The molecule has 0 fully saturated rings. The fourth-order valence-corrected chi connectivity index (χ4v) is 3.40. The molecule has 0 bridgehead atoms. The van der Waals surface area contributed by atoms with Gasteiger partial charge in [0.05, 0.1) is 6.04 Å². The lowest BCUT2D eigenvalue weighted by molar-refractivity contribution is -0.122. The molecular weight excluding hydrogens is 334 g/mol. The van der Waals surface area contributed by atoms with Crippen molar-refractivity contribution in [3.05, 3.63) is 70.9 Å². The van der Waals surface area contributed by atoms with E-state index in [1.54, 1.807) is 7.05 Å². The first-order valence-corrected chi connectivity index (χ1v) is 8.75. The van der Waals surface area contributed by atoms with Crippen LogP contribution in [0.5, 0.6) is 0 Å². The maximum Gasteiger partial charge on any atom is 0.236 e. The van der Waals surface area contributed by atoms with Crippen LogP contribution in [0, 0.1) is 0 Å². The van der Waals surface area contributed by atoms with Crippen molar-refractivity contribution in [1.82, 2.24) is 15.6 Å². The van der Waals surface area contributed by atoms with Crippen LogP contribution >= 0.6 is 11.6 Å². The number of amides is 1.